The third kappa shape index (κ3) is 7.03. The molecule has 0 radical (unpaired) electrons. The van der Waals surface area contributed by atoms with Gasteiger partial charge in [-0.25, -0.2) is 0 Å². The highest BCUT2D eigenvalue weighted by molar-refractivity contribution is 9.26. The van der Waals surface area contributed by atoms with Crippen molar-refractivity contribution in [2.24, 2.45) is 0 Å². The first-order chi connectivity index (χ1) is 4.77. The zero-order valence-corrected chi connectivity index (χ0v) is 11.7. The van der Waals surface area contributed by atoms with E-state index in [0.29, 0.717) is 0 Å². The molecule has 3 heteroatoms. The minimum Gasteiger partial charge on any atom is -0.127 e. The van der Waals surface area contributed by atoms with Crippen molar-refractivity contribution in [3.63, 3.8) is 0 Å². The van der Waals surface area contributed by atoms with Gasteiger partial charge >= 0.3 is 0 Å². The Morgan fingerprint density at radius 1 is 1.18 bits per heavy atom. The predicted octanol–water partition coefficient (Wildman–Crippen LogP) is 4.02. The van der Waals surface area contributed by atoms with Gasteiger partial charge in [-0.2, -0.15) is 0 Å². The molecule has 0 saturated carbocycles. The monoisotopic (exact) mass is 250 g/mol. The molecule has 11 heavy (non-hydrogen) atoms. The van der Waals surface area contributed by atoms with Crippen LogP contribution in [0.3, 0.4) is 0 Å². The van der Waals surface area contributed by atoms with Crippen molar-refractivity contribution < 1.29 is 0 Å². The standard InChI is InChI=1S/C8H19BrSi2/c1-6-10(2,3)7-8-11(4,5)9/h6H,1,7-8H2,2-5H3. The number of rotatable bonds is 4. The van der Waals surface area contributed by atoms with Gasteiger partial charge in [-0.3, -0.25) is 0 Å². The van der Waals surface area contributed by atoms with E-state index in [0.717, 1.165) is 0 Å². The Labute approximate surface area is 80.7 Å². The first-order valence-electron chi connectivity index (χ1n) is 4.09. The lowest BCUT2D eigenvalue weighted by atomic mass is 10.9. The van der Waals surface area contributed by atoms with E-state index in [9.17, 15) is 0 Å². The van der Waals surface area contributed by atoms with E-state index in [-0.39, 0.29) is 0 Å². The van der Waals surface area contributed by atoms with Gasteiger partial charge in [0.1, 0.15) is 6.69 Å². The lowest BCUT2D eigenvalue weighted by Gasteiger charge is -2.21. The zero-order valence-electron chi connectivity index (χ0n) is 8.08. The molecule has 0 aromatic heterocycles. The summed E-state index contributed by atoms with van der Waals surface area (Å²) in [5, 5.41) is 0. The smallest absolute Gasteiger partial charge is 0.124 e. The summed E-state index contributed by atoms with van der Waals surface area (Å²) < 4.78 is 0. The number of hydrogen-bond acceptors (Lipinski definition) is 0. The fourth-order valence-corrected chi connectivity index (χ4v) is 7.67. The molecule has 0 nitrogen and oxygen atoms in total. The molecule has 0 unspecified atom stereocenters. The Kier molecular flexibility index (Phi) is 4.29. The van der Waals surface area contributed by atoms with Crippen molar-refractivity contribution in [2.45, 2.75) is 38.3 Å². The lowest BCUT2D eigenvalue weighted by molar-refractivity contribution is 1.32. The zero-order chi connectivity index (χ0) is 9.12. The maximum Gasteiger partial charge on any atom is 0.124 e. The van der Waals surface area contributed by atoms with Crippen molar-refractivity contribution in [2.75, 3.05) is 0 Å². The van der Waals surface area contributed by atoms with Crippen LogP contribution in [0.5, 0.6) is 0 Å². The van der Waals surface area contributed by atoms with Gasteiger partial charge in [0.25, 0.3) is 0 Å². The van der Waals surface area contributed by atoms with E-state index in [4.69, 9.17) is 0 Å². The Bertz CT molecular complexity index is 136. The molecule has 0 spiro atoms. The predicted molar refractivity (Wildman–Crippen MR) is 63.7 cm³/mol. The lowest BCUT2D eigenvalue weighted by Crippen LogP contribution is -2.26. The van der Waals surface area contributed by atoms with Crippen molar-refractivity contribution >= 4 is 30.1 Å². The second-order valence-corrected chi connectivity index (χ2v) is 19.7. The van der Waals surface area contributed by atoms with Crippen molar-refractivity contribution in [3.05, 3.63) is 12.3 Å². The van der Waals surface area contributed by atoms with Crippen LogP contribution in [0.2, 0.25) is 38.3 Å². The van der Waals surface area contributed by atoms with Gasteiger partial charge in [-0.05, 0) is 6.04 Å². The van der Waals surface area contributed by atoms with Crippen LogP contribution in [0.1, 0.15) is 0 Å². The van der Waals surface area contributed by atoms with Gasteiger partial charge in [0, 0.05) is 0 Å². The Morgan fingerprint density at radius 2 is 1.64 bits per heavy atom. The Morgan fingerprint density at radius 3 is 1.91 bits per heavy atom. The molecule has 66 valence electrons. The quantitative estimate of drug-likeness (QED) is 0.523. The molecule has 0 bridgehead atoms. The minimum absolute atomic E-state index is 0.984. The average molecular weight is 251 g/mol. The minimum atomic E-state index is -1.02. The Balaban J connectivity index is 3.79. The van der Waals surface area contributed by atoms with Crippen LogP contribution in [0.25, 0.3) is 0 Å². The van der Waals surface area contributed by atoms with E-state index < -0.39 is 14.8 Å². The van der Waals surface area contributed by atoms with Gasteiger partial charge in [0.2, 0.25) is 0 Å². The maximum atomic E-state index is 3.89. The summed E-state index contributed by atoms with van der Waals surface area (Å²) in [7, 11) is -1.02. The molecule has 0 fully saturated rings. The second kappa shape index (κ2) is 4.05. The molecule has 0 aliphatic rings. The summed E-state index contributed by atoms with van der Waals surface area (Å²) in [5.41, 5.74) is 2.19. The molecule has 0 aliphatic heterocycles. The molecule has 0 N–H and O–H groups in total. The normalized spacial score (nSPS) is 13.2. The third-order valence-electron chi connectivity index (χ3n) is 1.92. The van der Waals surface area contributed by atoms with Crippen LogP contribution in [-0.2, 0) is 0 Å². The summed E-state index contributed by atoms with van der Waals surface area (Å²) in [4.78, 5) is 0. The fourth-order valence-electron chi connectivity index (χ4n) is 0.721. The number of halogens is 1. The summed E-state index contributed by atoms with van der Waals surface area (Å²) in [6.45, 7) is 12.4. The van der Waals surface area contributed by atoms with E-state index in [2.05, 4.69) is 53.8 Å². The van der Waals surface area contributed by atoms with Crippen LogP contribution in [0, 0.1) is 0 Å². The van der Waals surface area contributed by atoms with E-state index in [1.54, 1.807) is 0 Å². The molecular formula is C8H19BrSi2. The fraction of sp³-hybridized carbons (Fsp3) is 0.750. The van der Waals surface area contributed by atoms with Gasteiger partial charge in [0.15, 0.2) is 0 Å². The van der Waals surface area contributed by atoms with Crippen LogP contribution in [-0.4, -0.2) is 14.8 Å². The molecule has 0 aliphatic carbocycles. The maximum absolute atomic E-state index is 3.89. The van der Waals surface area contributed by atoms with Crippen molar-refractivity contribution in [1.29, 1.82) is 0 Å². The SMILES string of the molecule is C=C[Si](C)(C)CC[Si](C)(C)Br. The highest BCUT2D eigenvalue weighted by Crippen LogP contribution is 2.24. The number of hydrogen-bond donors (Lipinski definition) is 0. The topological polar surface area (TPSA) is 0 Å². The highest BCUT2D eigenvalue weighted by Gasteiger charge is 2.22. The second-order valence-electron chi connectivity index (χ2n) is 4.41. The van der Waals surface area contributed by atoms with Gasteiger partial charge < -0.3 is 0 Å². The Hall–Kier alpha value is 0.654. The molecule has 0 atom stereocenters. The third-order valence-corrected chi connectivity index (χ3v) is 7.69. The molecule has 0 rings (SSSR count). The highest BCUT2D eigenvalue weighted by atomic mass is 79.9. The van der Waals surface area contributed by atoms with Crippen LogP contribution in [0.15, 0.2) is 12.3 Å². The summed E-state index contributed by atoms with van der Waals surface area (Å²) in [6, 6.07) is 2.78. The molecule has 0 aromatic carbocycles. The molecular weight excluding hydrogens is 232 g/mol. The molecule has 0 amide bonds. The van der Waals surface area contributed by atoms with Crippen LogP contribution in [0.4, 0.5) is 0 Å². The van der Waals surface area contributed by atoms with E-state index in [1.165, 1.54) is 12.1 Å². The van der Waals surface area contributed by atoms with Crippen molar-refractivity contribution in [1.82, 2.24) is 0 Å². The first-order valence-corrected chi connectivity index (χ1v) is 12.8. The van der Waals surface area contributed by atoms with Crippen LogP contribution < -0.4 is 0 Å². The summed E-state index contributed by atoms with van der Waals surface area (Å²) in [6.07, 6.45) is 0. The average Bonchev–Trinajstić information content (AvgIpc) is 1.83. The largest absolute Gasteiger partial charge is 0.127 e. The first kappa shape index (κ1) is 11.7. The van der Waals surface area contributed by atoms with Crippen molar-refractivity contribution in [3.8, 4) is 0 Å². The van der Waals surface area contributed by atoms with E-state index in [1.807, 2.05) is 0 Å². The van der Waals surface area contributed by atoms with Gasteiger partial charge in [-0.15, -0.1) is 27.6 Å². The molecule has 0 aromatic rings. The van der Waals surface area contributed by atoms with Gasteiger partial charge in [0.05, 0.1) is 8.07 Å². The van der Waals surface area contributed by atoms with E-state index >= 15 is 0 Å². The summed E-state index contributed by atoms with van der Waals surface area (Å²) in [5.74, 6) is 0. The molecule has 0 saturated heterocycles. The van der Waals surface area contributed by atoms with Crippen LogP contribution >= 0.6 is 15.3 Å². The molecule has 0 heterocycles. The summed E-state index contributed by atoms with van der Waals surface area (Å²) >= 11 is 3.79. The van der Waals surface area contributed by atoms with Gasteiger partial charge in [-0.1, -0.05) is 32.2 Å².